The number of hydrogen-bond donors (Lipinski definition) is 1. The Balaban J connectivity index is 0.00000280. The fourth-order valence-corrected chi connectivity index (χ4v) is 4.04. The Bertz CT molecular complexity index is 593. The van der Waals surface area contributed by atoms with Crippen molar-refractivity contribution in [1.29, 1.82) is 0 Å². The van der Waals surface area contributed by atoms with Crippen LogP contribution in [0.15, 0.2) is 29.3 Å². The molecular formula is C21H36IN5O. The van der Waals surface area contributed by atoms with Crippen molar-refractivity contribution < 1.29 is 4.74 Å². The molecule has 0 atom stereocenters. The molecule has 0 bridgehead atoms. The van der Waals surface area contributed by atoms with Gasteiger partial charge in [-0.15, -0.1) is 24.0 Å². The molecule has 7 heteroatoms. The molecule has 28 heavy (non-hydrogen) atoms. The Hall–Kier alpha value is -1.22. The maximum Gasteiger partial charge on any atom is 0.193 e. The van der Waals surface area contributed by atoms with E-state index in [1.165, 1.54) is 38.0 Å². The Morgan fingerprint density at radius 3 is 2.29 bits per heavy atom. The second kappa shape index (κ2) is 11.7. The molecule has 0 radical (unpaired) electrons. The Morgan fingerprint density at radius 2 is 1.71 bits per heavy atom. The van der Waals surface area contributed by atoms with Gasteiger partial charge >= 0.3 is 0 Å². The SMILES string of the molecule is CN=C(NCCC1CCN(C)CC1)N1CCN(c2ccc(OC)cc2)CC1.I. The van der Waals surface area contributed by atoms with Crippen molar-refractivity contribution >= 4 is 35.6 Å². The van der Waals surface area contributed by atoms with Gasteiger partial charge in [0.2, 0.25) is 0 Å². The van der Waals surface area contributed by atoms with Gasteiger partial charge in [-0.3, -0.25) is 4.99 Å². The fraction of sp³-hybridized carbons (Fsp3) is 0.667. The molecule has 2 aliphatic heterocycles. The van der Waals surface area contributed by atoms with Gasteiger partial charge in [-0.25, -0.2) is 0 Å². The molecular weight excluding hydrogens is 465 g/mol. The third-order valence-electron chi connectivity index (χ3n) is 5.90. The van der Waals surface area contributed by atoms with Crippen LogP contribution in [0.2, 0.25) is 0 Å². The first-order chi connectivity index (χ1) is 13.2. The summed E-state index contributed by atoms with van der Waals surface area (Å²) < 4.78 is 5.25. The number of benzene rings is 1. The van der Waals surface area contributed by atoms with Crippen LogP contribution in [-0.4, -0.2) is 82.8 Å². The van der Waals surface area contributed by atoms with Gasteiger partial charge in [0, 0.05) is 45.5 Å². The van der Waals surface area contributed by atoms with Gasteiger partial charge in [0.05, 0.1) is 7.11 Å². The van der Waals surface area contributed by atoms with E-state index in [1.807, 2.05) is 19.2 Å². The number of likely N-dealkylation sites (tertiary alicyclic amines) is 1. The molecule has 0 saturated carbocycles. The van der Waals surface area contributed by atoms with E-state index in [2.05, 4.69) is 44.2 Å². The van der Waals surface area contributed by atoms with Gasteiger partial charge in [0.15, 0.2) is 5.96 Å². The minimum atomic E-state index is 0. The van der Waals surface area contributed by atoms with E-state index >= 15 is 0 Å². The molecule has 0 unspecified atom stereocenters. The number of halogens is 1. The highest BCUT2D eigenvalue weighted by Gasteiger charge is 2.21. The summed E-state index contributed by atoms with van der Waals surface area (Å²) in [5.41, 5.74) is 1.26. The number of piperazine rings is 1. The number of methoxy groups -OCH3 is 1. The smallest absolute Gasteiger partial charge is 0.193 e. The van der Waals surface area contributed by atoms with Crippen LogP contribution >= 0.6 is 24.0 Å². The number of guanidine groups is 1. The van der Waals surface area contributed by atoms with Crippen LogP contribution in [0.1, 0.15) is 19.3 Å². The van der Waals surface area contributed by atoms with Gasteiger partial charge in [-0.05, 0) is 69.6 Å². The molecule has 0 amide bonds. The van der Waals surface area contributed by atoms with E-state index in [-0.39, 0.29) is 24.0 Å². The predicted octanol–water partition coefficient (Wildman–Crippen LogP) is 2.74. The number of hydrogen-bond acceptors (Lipinski definition) is 4. The number of aliphatic imine (C=N–C) groups is 1. The molecule has 158 valence electrons. The van der Waals surface area contributed by atoms with Crippen LogP contribution in [0.4, 0.5) is 5.69 Å². The van der Waals surface area contributed by atoms with Crippen LogP contribution in [-0.2, 0) is 0 Å². The lowest BCUT2D eigenvalue weighted by atomic mass is 9.94. The second-order valence-corrected chi connectivity index (χ2v) is 7.68. The lowest BCUT2D eigenvalue weighted by molar-refractivity contribution is 0.212. The summed E-state index contributed by atoms with van der Waals surface area (Å²) in [6.07, 6.45) is 3.91. The van der Waals surface area contributed by atoms with Crippen LogP contribution in [0.25, 0.3) is 0 Å². The number of nitrogens with one attached hydrogen (secondary N) is 1. The molecule has 6 nitrogen and oxygen atoms in total. The summed E-state index contributed by atoms with van der Waals surface area (Å²) in [7, 11) is 5.83. The van der Waals surface area contributed by atoms with Crippen molar-refractivity contribution in [1.82, 2.24) is 15.1 Å². The zero-order valence-electron chi connectivity index (χ0n) is 17.6. The number of anilines is 1. The normalized spacial score (nSPS) is 19.3. The van der Waals surface area contributed by atoms with Crippen molar-refractivity contribution in [3.8, 4) is 5.75 Å². The zero-order chi connectivity index (χ0) is 19.1. The first-order valence-electron chi connectivity index (χ1n) is 10.2. The Labute approximate surface area is 187 Å². The van der Waals surface area contributed by atoms with E-state index in [9.17, 15) is 0 Å². The molecule has 2 aliphatic rings. The van der Waals surface area contributed by atoms with E-state index in [0.717, 1.165) is 50.4 Å². The summed E-state index contributed by atoms with van der Waals surface area (Å²) >= 11 is 0. The van der Waals surface area contributed by atoms with Crippen LogP contribution in [0.5, 0.6) is 5.75 Å². The topological polar surface area (TPSA) is 43.3 Å². The monoisotopic (exact) mass is 501 g/mol. The highest BCUT2D eigenvalue weighted by molar-refractivity contribution is 14.0. The number of piperidine rings is 1. The molecule has 0 aromatic heterocycles. The summed E-state index contributed by atoms with van der Waals surface area (Å²) in [4.78, 5) is 11.8. The largest absolute Gasteiger partial charge is 0.497 e. The third kappa shape index (κ3) is 6.40. The first-order valence-corrected chi connectivity index (χ1v) is 10.2. The van der Waals surface area contributed by atoms with Gasteiger partial charge in [-0.2, -0.15) is 0 Å². The lowest BCUT2D eigenvalue weighted by Crippen LogP contribution is -2.52. The Kier molecular flexibility index (Phi) is 9.64. The van der Waals surface area contributed by atoms with E-state index in [1.54, 1.807) is 7.11 Å². The average molecular weight is 501 g/mol. The zero-order valence-corrected chi connectivity index (χ0v) is 19.9. The minimum Gasteiger partial charge on any atom is -0.497 e. The fourth-order valence-electron chi connectivity index (χ4n) is 4.04. The van der Waals surface area contributed by atoms with Crippen molar-refractivity contribution in [3.05, 3.63) is 24.3 Å². The minimum absolute atomic E-state index is 0. The van der Waals surface area contributed by atoms with Gasteiger partial charge in [0.25, 0.3) is 0 Å². The molecule has 0 spiro atoms. The number of rotatable bonds is 5. The molecule has 2 fully saturated rings. The van der Waals surface area contributed by atoms with Crippen LogP contribution in [0.3, 0.4) is 0 Å². The van der Waals surface area contributed by atoms with Gasteiger partial charge in [-0.1, -0.05) is 0 Å². The van der Waals surface area contributed by atoms with E-state index < -0.39 is 0 Å². The molecule has 1 aromatic rings. The highest BCUT2D eigenvalue weighted by Crippen LogP contribution is 2.21. The standard InChI is InChI=1S/C21H35N5O.HI/c1-22-21(23-11-8-18-9-12-24(2)13-10-18)26-16-14-25(15-17-26)19-4-6-20(27-3)7-5-19;/h4-7,18H,8-17H2,1-3H3,(H,22,23);1H. The van der Waals surface area contributed by atoms with Gasteiger partial charge in [0.1, 0.15) is 5.75 Å². The van der Waals surface area contributed by atoms with E-state index in [0.29, 0.717) is 0 Å². The van der Waals surface area contributed by atoms with Crippen molar-refractivity contribution in [3.63, 3.8) is 0 Å². The molecule has 2 heterocycles. The van der Waals surface area contributed by atoms with Crippen molar-refractivity contribution in [2.75, 3.05) is 71.9 Å². The molecule has 0 aliphatic carbocycles. The van der Waals surface area contributed by atoms with Crippen LogP contribution in [0, 0.1) is 5.92 Å². The summed E-state index contributed by atoms with van der Waals surface area (Å²) in [5.74, 6) is 2.82. The molecule has 2 saturated heterocycles. The number of nitrogens with zero attached hydrogens (tertiary/aromatic N) is 4. The van der Waals surface area contributed by atoms with Crippen molar-refractivity contribution in [2.45, 2.75) is 19.3 Å². The number of ether oxygens (including phenoxy) is 1. The molecule has 1 N–H and O–H groups in total. The summed E-state index contributed by atoms with van der Waals surface area (Å²) in [6.45, 7) is 7.54. The molecule has 1 aromatic carbocycles. The van der Waals surface area contributed by atoms with Crippen molar-refractivity contribution in [2.24, 2.45) is 10.9 Å². The quantitative estimate of drug-likeness (QED) is 0.382. The van der Waals surface area contributed by atoms with Crippen LogP contribution < -0.4 is 15.0 Å². The second-order valence-electron chi connectivity index (χ2n) is 7.68. The average Bonchev–Trinajstić information content (AvgIpc) is 2.73. The summed E-state index contributed by atoms with van der Waals surface area (Å²) in [5, 5.41) is 3.59. The first kappa shape index (κ1) is 23.1. The lowest BCUT2D eigenvalue weighted by Gasteiger charge is -2.38. The third-order valence-corrected chi connectivity index (χ3v) is 5.90. The molecule has 3 rings (SSSR count). The maximum absolute atomic E-state index is 5.25. The Morgan fingerprint density at radius 1 is 1.07 bits per heavy atom. The predicted molar refractivity (Wildman–Crippen MR) is 128 cm³/mol. The summed E-state index contributed by atoms with van der Waals surface area (Å²) in [6, 6.07) is 8.35. The maximum atomic E-state index is 5.25. The van der Waals surface area contributed by atoms with Gasteiger partial charge < -0.3 is 24.8 Å². The van der Waals surface area contributed by atoms with E-state index in [4.69, 9.17) is 4.74 Å². The highest BCUT2D eigenvalue weighted by atomic mass is 127.